The molecule has 1 aliphatic heterocycles. The molecule has 1 aliphatic carbocycles. The lowest BCUT2D eigenvalue weighted by molar-refractivity contribution is -0.152. The van der Waals surface area contributed by atoms with Crippen LogP contribution in [-0.2, 0) is 14.3 Å². The van der Waals surface area contributed by atoms with E-state index in [-0.39, 0.29) is 18.0 Å². The predicted molar refractivity (Wildman–Crippen MR) is 68.1 cm³/mol. The molecule has 5 nitrogen and oxygen atoms in total. The molecule has 0 aromatic carbocycles. The van der Waals surface area contributed by atoms with Crippen LogP contribution in [0.1, 0.15) is 26.7 Å². The van der Waals surface area contributed by atoms with Crippen LogP contribution in [0.5, 0.6) is 0 Å². The Bertz CT molecular complexity index is 307. The van der Waals surface area contributed by atoms with E-state index in [9.17, 15) is 4.79 Å². The van der Waals surface area contributed by atoms with Crippen molar-refractivity contribution >= 4 is 5.97 Å². The SMILES string of the molecule is CCOC(=O)C(N)(CN1CCOC(C)C1)C1CC1. The first-order valence-electron chi connectivity index (χ1n) is 6.86. The molecule has 18 heavy (non-hydrogen) atoms. The molecule has 104 valence electrons. The lowest BCUT2D eigenvalue weighted by Gasteiger charge is -2.37. The fraction of sp³-hybridized carbons (Fsp3) is 0.923. The van der Waals surface area contributed by atoms with Crippen molar-refractivity contribution in [1.82, 2.24) is 4.90 Å². The van der Waals surface area contributed by atoms with E-state index in [2.05, 4.69) is 4.90 Å². The van der Waals surface area contributed by atoms with Gasteiger partial charge < -0.3 is 15.2 Å². The van der Waals surface area contributed by atoms with Crippen LogP contribution < -0.4 is 5.73 Å². The molecule has 0 bridgehead atoms. The van der Waals surface area contributed by atoms with E-state index in [1.54, 1.807) is 0 Å². The monoisotopic (exact) mass is 256 g/mol. The predicted octanol–water partition coefficient (Wildman–Crippen LogP) is 0.378. The van der Waals surface area contributed by atoms with Crippen LogP contribution in [-0.4, -0.2) is 55.4 Å². The smallest absolute Gasteiger partial charge is 0.327 e. The van der Waals surface area contributed by atoms with Crippen molar-refractivity contribution in [3.63, 3.8) is 0 Å². The summed E-state index contributed by atoms with van der Waals surface area (Å²) in [6, 6.07) is 0. The van der Waals surface area contributed by atoms with Gasteiger partial charge in [-0.3, -0.25) is 4.90 Å². The maximum Gasteiger partial charge on any atom is 0.327 e. The van der Waals surface area contributed by atoms with Crippen molar-refractivity contribution in [3.8, 4) is 0 Å². The summed E-state index contributed by atoms with van der Waals surface area (Å²) in [4.78, 5) is 14.3. The molecule has 2 rings (SSSR count). The highest BCUT2D eigenvalue weighted by Gasteiger charge is 2.50. The number of rotatable bonds is 5. The number of morpholine rings is 1. The lowest BCUT2D eigenvalue weighted by atomic mass is 9.93. The summed E-state index contributed by atoms with van der Waals surface area (Å²) < 4.78 is 10.7. The molecule has 2 atom stereocenters. The molecule has 1 saturated carbocycles. The van der Waals surface area contributed by atoms with Crippen molar-refractivity contribution in [2.45, 2.75) is 38.3 Å². The number of nitrogens with two attached hydrogens (primary N) is 1. The highest BCUT2D eigenvalue weighted by atomic mass is 16.5. The molecule has 0 spiro atoms. The number of ether oxygens (including phenoxy) is 2. The fourth-order valence-electron chi connectivity index (χ4n) is 2.63. The van der Waals surface area contributed by atoms with Gasteiger partial charge in [-0.25, -0.2) is 4.79 Å². The Morgan fingerprint density at radius 2 is 2.28 bits per heavy atom. The van der Waals surface area contributed by atoms with E-state index in [4.69, 9.17) is 15.2 Å². The average molecular weight is 256 g/mol. The van der Waals surface area contributed by atoms with Gasteiger partial charge >= 0.3 is 5.97 Å². The molecule has 0 aromatic heterocycles. The molecule has 0 aromatic rings. The summed E-state index contributed by atoms with van der Waals surface area (Å²) in [5.74, 6) is 0.0429. The van der Waals surface area contributed by atoms with Crippen LogP contribution in [0.4, 0.5) is 0 Å². The highest BCUT2D eigenvalue weighted by Crippen LogP contribution is 2.39. The zero-order chi connectivity index (χ0) is 13.2. The first-order valence-corrected chi connectivity index (χ1v) is 6.86. The molecule has 2 unspecified atom stereocenters. The summed E-state index contributed by atoms with van der Waals surface area (Å²) in [6.45, 7) is 7.24. The van der Waals surface area contributed by atoms with E-state index in [1.165, 1.54) is 0 Å². The normalized spacial score (nSPS) is 28.7. The highest BCUT2D eigenvalue weighted by molar-refractivity contribution is 5.82. The summed E-state index contributed by atoms with van der Waals surface area (Å²) >= 11 is 0. The zero-order valence-electron chi connectivity index (χ0n) is 11.4. The molecule has 2 fully saturated rings. The second-order valence-corrected chi connectivity index (χ2v) is 5.45. The molecule has 0 radical (unpaired) electrons. The lowest BCUT2D eigenvalue weighted by Crippen LogP contribution is -2.60. The van der Waals surface area contributed by atoms with Gasteiger partial charge in [0.05, 0.1) is 19.3 Å². The van der Waals surface area contributed by atoms with E-state index in [1.807, 2.05) is 13.8 Å². The number of carbonyl (C=O) groups excluding carboxylic acids is 1. The number of nitrogens with zero attached hydrogens (tertiary/aromatic N) is 1. The Kier molecular flexibility index (Phi) is 4.25. The molecule has 2 aliphatic rings. The molecule has 0 amide bonds. The standard InChI is InChI=1S/C13H24N2O3/c1-3-17-12(16)13(14,11-4-5-11)9-15-6-7-18-10(2)8-15/h10-11H,3-9,14H2,1-2H3. The van der Waals surface area contributed by atoms with Crippen LogP contribution in [0.25, 0.3) is 0 Å². The third-order valence-corrected chi connectivity index (χ3v) is 3.77. The van der Waals surface area contributed by atoms with Crippen LogP contribution in [0, 0.1) is 5.92 Å². The number of esters is 1. The van der Waals surface area contributed by atoms with Crippen LogP contribution in [0.2, 0.25) is 0 Å². The van der Waals surface area contributed by atoms with Gasteiger partial charge in [0.15, 0.2) is 0 Å². The van der Waals surface area contributed by atoms with Gasteiger partial charge in [-0.05, 0) is 32.6 Å². The summed E-state index contributed by atoms with van der Waals surface area (Å²) in [5, 5.41) is 0. The fourth-order valence-corrected chi connectivity index (χ4v) is 2.63. The quantitative estimate of drug-likeness (QED) is 0.720. The first kappa shape index (κ1) is 13.8. The van der Waals surface area contributed by atoms with Crippen molar-refractivity contribution in [1.29, 1.82) is 0 Å². The minimum Gasteiger partial charge on any atom is -0.465 e. The molecule has 2 N–H and O–H groups in total. The first-order chi connectivity index (χ1) is 8.56. The Morgan fingerprint density at radius 3 is 2.83 bits per heavy atom. The number of hydrogen-bond acceptors (Lipinski definition) is 5. The Labute approximate surface area is 109 Å². The van der Waals surface area contributed by atoms with Gasteiger partial charge in [0, 0.05) is 19.6 Å². The summed E-state index contributed by atoms with van der Waals surface area (Å²) in [7, 11) is 0. The third-order valence-electron chi connectivity index (χ3n) is 3.77. The second kappa shape index (κ2) is 5.55. The van der Waals surface area contributed by atoms with Crippen LogP contribution in [0.3, 0.4) is 0 Å². The third kappa shape index (κ3) is 3.02. The summed E-state index contributed by atoms with van der Waals surface area (Å²) in [5.41, 5.74) is 5.53. The van der Waals surface area contributed by atoms with Gasteiger partial charge in [-0.1, -0.05) is 0 Å². The van der Waals surface area contributed by atoms with Crippen molar-refractivity contribution in [2.75, 3.05) is 32.8 Å². The molecular weight excluding hydrogens is 232 g/mol. The van der Waals surface area contributed by atoms with E-state index < -0.39 is 5.54 Å². The second-order valence-electron chi connectivity index (χ2n) is 5.45. The molecular formula is C13H24N2O3. The number of carbonyl (C=O) groups is 1. The van der Waals surface area contributed by atoms with E-state index in [0.29, 0.717) is 19.8 Å². The van der Waals surface area contributed by atoms with Gasteiger partial charge in [0.2, 0.25) is 0 Å². The van der Waals surface area contributed by atoms with Crippen molar-refractivity contribution in [3.05, 3.63) is 0 Å². The summed E-state index contributed by atoms with van der Waals surface area (Å²) in [6.07, 6.45) is 2.29. The topological polar surface area (TPSA) is 64.8 Å². The Morgan fingerprint density at radius 1 is 1.56 bits per heavy atom. The van der Waals surface area contributed by atoms with E-state index in [0.717, 1.165) is 25.9 Å². The minimum atomic E-state index is -0.826. The number of hydrogen-bond donors (Lipinski definition) is 1. The van der Waals surface area contributed by atoms with Crippen LogP contribution >= 0.6 is 0 Å². The van der Waals surface area contributed by atoms with Crippen molar-refractivity contribution < 1.29 is 14.3 Å². The molecule has 5 heteroatoms. The molecule has 1 saturated heterocycles. The van der Waals surface area contributed by atoms with E-state index >= 15 is 0 Å². The maximum atomic E-state index is 12.1. The minimum absolute atomic E-state index is 0.212. The largest absolute Gasteiger partial charge is 0.465 e. The Hall–Kier alpha value is -0.650. The van der Waals surface area contributed by atoms with Gasteiger partial charge in [-0.2, -0.15) is 0 Å². The Balaban J connectivity index is 1.99. The molecule has 1 heterocycles. The van der Waals surface area contributed by atoms with Gasteiger partial charge in [0.1, 0.15) is 5.54 Å². The van der Waals surface area contributed by atoms with Crippen molar-refractivity contribution in [2.24, 2.45) is 11.7 Å². The zero-order valence-corrected chi connectivity index (χ0v) is 11.4. The van der Waals surface area contributed by atoms with Gasteiger partial charge in [-0.15, -0.1) is 0 Å². The van der Waals surface area contributed by atoms with Gasteiger partial charge in [0.25, 0.3) is 0 Å². The maximum absolute atomic E-state index is 12.1. The average Bonchev–Trinajstić information content (AvgIpc) is 3.13. The van der Waals surface area contributed by atoms with Crippen LogP contribution in [0.15, 0.2) is 0 Å².